The predicted octanol–water partition coefficient (Wildman–Crippen LogP) is 7.33. The Morgan fingerprint density at radius 2 is 0.611 bits per heavy atom. The molecule has 0 bridgehead atoms. The van der Waals surface area contributed by atoms with Gasteiger partial charge in [-0.05, 0) is 62.2 Å². The van der Waals surface area contributed by atoms with E-state index >= 15 is 0 Å². The molecular formula is C28H28BF4P2Rh-. The standard InChI is InChI=1S/C28H28P2.BF4.Rh/c1-5-15-25(16-6-1)29(26-17-7-2-8-18-26)23-13-14-24-30(27-19-9-3-10-20-27)28-21-11-4-12-22-28;2-1(3,4)5;/h1-12,15-22H,13-14,23-24H2;;/q;-1;. The molecular weight excluding hydrogens is 588 g/mol. The Morgan fingerprint density at radius 1 is 0.417 bits per heavy atom. The maximum atomic E-state index is 9.75. The summed E-state index contributed by atoms with van der Waals surface area (Å²) in [4.78, 5) is 0. The van der Waals surface area contributed by atoms with E-state index in [9.17, 15) is 17.3 Å². The zero-order valence-corrected chi connectivity index (χ0v) is 23.1. The van der Waals surface area contributed by atoms with Crippen LogP contribution in [0.1, 0.15) is 12.8 Å². The minimum Gasteiger partial charge on any atom is -0.418 e. The predicted molar refractivity (Wildman–Crippen MR) is 147 cm³/mol. The van der Waals surface area contributed by atoms with Crippen molar-refractivity contribution < 1.29 is 36.7 Å². The Hall–Kier alpha value is -1.85. The van der Waals surface area contributed by atoms with E-state index in [-0.39, 0.29) is 35.3 Å². The van der Waals surface area contributed by atoms with Crippen molar-refractivity contribution in [2.75, 3.05) is 12.3 Å². The quantitative estimate of drug-likeness (QED) is 0.0801. The van der Waals surface area contributed by atoms with Gasteiger partial charge in [-0.25, -0.2) is 0 Å². The molecule has 0 amide bonds. The monoisotopic (exact) mass is 616 g/mol. The Morgan fingerprint density at radius 3 is 0.806 bits per heavy atom. The molecule has 36 heavy (non-hydrogen) atoms. The third-order valence-corrected chi connectivity index (χ3v) is 10.5. The van der Waals surface area contributed by atoms with Crippen LogP contribution in [0.2, 0.25) is 0 Å². The van der Waals surface area contributed by atoms with Gasteiger partial charge in [0.1, 0.15) is 0 Å². The maximum absolute atomic E-state index is 9.75. The molecule has 0 aliphatic carbocycles. The van der Waals surface area contributed by atoms with Gasteiger partial charge < -0.3 is 17.3 Å². The number of unbranched alkanes of at least 4 members (excludes halogenated alkanes) is 1. The van der Waals surface area contributed by atoms with Crippen LogP contribution in [0.15, 0.2) is 121 Å². The number of hydrogen-bond acceptors (Lipinski definition) is 0. The first kappa shape index (κ1) is 30.4. The van der Waals surface area contributed by atoms with Crippen molar-refractivity contribution in [1.82, 2.24) is 0 Å². The fourth-order valence-electron chi connectivity index (χ4n) is 3.79. The van der Waals surface area contributed by atoms with E-state index in [4.69, 9.17) is 0 Å². The maximum Gasteiger partial charge on any atom is 0.673 e. The largest absolute Gasteiger partial charge is 0.673 e. The van der Waals surface area contributed by atoms with E-state index in [0.717, 1.165) is 0 Å². The van der Waals surface area contributed by atoms with Crippen LogP contribution in [-0.4, -0.2) is 19.6 Å². The van der Waals surface area contributed by atoms with Crippen LogP contribution in [0.25, 0.3) is 0 Å². The number of halogens is 4. The summed E-state index contributed by atoms with van der Waals surface area (Å²) in [6.07, 6.45) is 5.06. The summed E-state index contributed by atoms with van der Waals surface area (Å²) in [6, 6.07) is 44.3. The molecule has 0 unspecified atom stereocenters. The second-order valence-electron chi connectivity index (χ2n) is 7.85. The van der Waals surface area contributed by atoms with Gasteiger partial charge in [0.05, 0.1) is 0 Å². The molecule has 0 N–H and O–H groups in total. The van der Waals surface area contributed by atoms with Crippen molar-refractivity contribution in [3.63, 3.8) is 0 Å². The van der Waals surface area contributed by atoms with Gasteiger partial charge in [-0.1, -0.05) is 121 Å². The smallest absolute Gasteiger partial charge is 0.418 e. The second-order valence-corrected chi connectivity index (χ2v) is 12.5. The molecule has 4 aromatic rings. The number of hydrogen-bond donors (Lipinski definition) is 0. The molecule has 0 nitrogen and oxygen atoms in total. The third-order valence-electron chi connectivity index (χ3n) is 5.28. The van der Waals surface area contributed by atoms with Gasteiger partial charge in [-0.3, -0.25) is 0 Å². The molecule has 191 valence electrons. The normalized spacial score (nSPS) is 10.9. The summed E-state index contributed by atoms with van der Waals surface area (Å²) in [5, 5.41) is 5.97. The number of benzene rings is 4. The average Bonchev–Trinajstić information content (AvgIpc) is 2.87. The van der Waals surface area contributed by atoms with E-state index in [1.165, 1.54) is 46.4 Å². The van der Waals surface area contributed by atoms with Crippen molar-refractivity contribution >= 4 is 44.3 Å². The van der Waals surface area contributed by atoms with Crippen LogP contribution in [-0.2, 0) is 19.5 Å². The molecule has 0 aliphatic heterocycles. The zero-order valence-electron chi connectivity index (χ0n) is 19.7. The van der Waals surface area contributed by atoms with Crippen LogP contribution < -0.4 is 21.2 Å². The summed E-state index contributed by atoms with van der Waals surface area (Å²) in [7, 11) is -6.57. The molecule has 0 spiro atoms. The molecule has 1 radical (unpaired) electrons. The van der Waals surface area contributed by atoms with E-state index in [1.807, 2.05) is 0 Å². The molecule has 0 atom stereocenters. The van der Waals surface area contributed by atoms with Crippen LogP contribution in [0.4, 0.5) is 17.3 Å². The third kappa shape index (κ3) is 11.0. The van der Waals surface area contributed by atoms with Gasteiger partial charge >= 0.3 is 7.25 Å². The Kier molecular flexibility index (Phi) is 13.6. The minimum absolute atomic E-state index is 0. The Bertz CT molecular complexity index is 932. The van der Waals surface area contributed by atoms with Gasteiger partial charge in [0.25, 0.3) is 0 Å². The van der Waals surface area contributed by atoms with Gasteiger partial charge in [-0.2, -0.15) is 0 Å². The first-order valence-corrected chi connectivity index (χ1v) is 14.6. The second kappa shape index (κ2) is 16.1. The fraction of sp³-hybridized carbons (Fsp3) is 0.143. The first-order valence-electron chi connectivity index (χ1n) is 11.5. The zero-order chi connectivity index (χ0) is 24.9. The molecule has 0 aliphatic rings. The first-order chi connectivity index (χ1) is 16.9. The van der Waals surface area contributed by atoms with Crippen LogP contribution >= 0.6 is 15.8 Å². The van der Waals surface area contributed by atoms with Crippen LogP contribution in [0.3, 0.4) is 0 Å². The molecule has 4 rings (SSSR count). The molecule has 8 heteroatoms. The van der Waals surface area contributed by atoms with Gasteiger partial charge in [0.15, 0.2) is 0 Å². The van der Waals surface area contributed by atoms with Crippen molar-refractivity contribution in [1.29, 1.82) is 0 Å². The topological polar surface area (TPSA) is 0 Å². The number of rotatable bonds is 9. The average molecular weight is 616 g/mol. The van der Waals surface area contributed by atoms with E-state index in [1.54, 1.807) is 0 Å². The van der Waals surface area contributed by atoms with Crippen LogP contribution in [0, 0.1) is 0 Å². The fourth-order valence-corrected chi connectivity index (χ4v) is 8.62. The van der Waals surface area contributed by atoms with Crippen molar-refractivity contribution in [2.45, 2.75) is 12.8 Å². The summed E-state index contributed by atoms with van der Waals surface area (Å²) < 4.78 is 39.0. The van der Waals surface area contributed by atoms with Crippen molar-refractivity contribution in [2.24, 2.45) is 0 Å². The summed E-state index contributed by atoms with van der Waals surface area (Å²) >= 11 is 0. The molecule has 0 heterocycles. The van der Waals surface area contributed by atoms with Gasteiger partial charge in [0.2, 0.25) is 0 Å². The summed E-state index contributed by atoms with van der Waals surface area (Å²) in [5.74, 6) is 0. The Labute approximate surface area is 226 Å². The molecule has 4 aromatic carbocycles. The molecule has 0 saturated heterocycles. The summed E-state index contributed by atoms with van der Waals surface area (Å²) in [5.41, 5.74) is 0. The van der Waals surface area contributed by atoms with Crippen molar-refractivity contribution in [3.05, 3.63) is 121 Å². The van der Waals surface area contributed by atoms with Crippen LogP contribution in [0.5, 0.6) is 0 Å². The van der Waals surface area contributed by atoms with Gasteiger partial charge in [-0.15, -0.1) is 0 Å². The molecule has 0 saturated carbocycles. The van der Waals surface area contributed by atoms with E-state index in [2.05, 4.69) is 121 Å². The molecule has 0 aromatic heterocycles. The summed E-state index contributed by atoms with van der Waals surface area (Å²) in [6.45, 7) is 0. The van der Waals surface area contributed by atoms with E-state index in [0.29, 0.717) is 0 Å². The Balaban J connectivity index is 0.000000694. The SMILES string of the molecule is F[B-](F)(F)F.[Rh].c1ccc(P(CCCCP(c2ccccc2)c2ccccc2)c2ccccc2)cc1. The van der Waals surface area contributed by atoms with Gasteiger partial charge in [0, 0.05) is 19.5 Å². The minimum atomic E-state index is -6.00. The molecule has 0 fully saturated rings. The van der Waals surface area contributed by atoms with E-state index < -0.39 is 7.25 Å². The van der Waals surface area contributed by atoms with Crippen molar-refractivity contribution in [3.8, 4) is 0 Å².